The molecular weight excluding hydrogens is 292 g/mol. The molecule has 1 unspecified atom stereocenters. The Balaban J connectivity index is 2.01. The molecule has 2 aromatic carbocycles. The van der Waals surface area contributed by atoms with E-state index in [1.54, 1.807) is 12.1 Å². The van der Waals surface area contributed by atoms with Crippen LogP contribution in [0.3, 0.4) is 0 Å². The molecule has 0 aliphatic carbocycles. The number of hydrogen-bond acceptors (Lipinski definition) is 2. The molecule has 0 radical (unpaired) electrons. The predicted octanol–water partition coefficient (Wildman–Crippen LogP) is 3.82. The fourth-order valence-electron chi connectivity index (χ4n) is 1.89. The van der Waals surface area contributed by atoms with Crippen molar-refractivity contribution in [2.75, 3.05) is 0 Å². The zero-order chi connectivity index (χ0) is 13.0. The Hall–Kier alpha value is -1.32. The van der Waals surface area contributed by atoms with Crippen molar-refractivity contribution in [1.82, 2.24) is 0 Å². The number of benzene rings is 2. The minimum absolute atomic E-state index is 0.276. The number of phenols is 1. The smallest absolute Gasteiger partial charge is 0.118 e. The lowest BCUT2D eigenvalue weighted by molar-refractivity contribution is 0.167. The Morgan fingerprint density at radius 3 is 2.50 bits per heavy atom. The van der Waals surface area contributed by atoms with Gasteiger partial charge in [-0.05, 0) is 42.2 Å². The van der Waals surface area contributed by atoms with Crippen molar-refractivity contribution >= 4 is 15.9 Å². The van der Waals surface area contributed by atoms with E-state index in [0.29, 0.717) is 12.8 Å². The zero-order valence-electron chi connectivity index (χ0n) is 9.88. The lowest BCUT2D eigenvalue weighted by Crippen LogP contribution is -1.99. The van der Waals surface area contributed by atoms with Gasteiger partial charge in [-0.1, -0.05) is 46.3 Å². The third-order valence-electron chi connectivity index (χ3n) is 2.91. The van der Waals surface area contributed by atoms with Gasteiger partial charge in [0.1, 0.15) is 5.75 Å². The summed E-state index contributed by atoms with van der Waals surface area (Å²) in [4.78, 5) is 0. The van der Waals surface area contributed by atoms with Crippen LogP contribution in [0.5, 0.6) is 5.75 Å². The first-order chi connectivity index (χ1) is 8.66. The van der Waals surface area contributed by atoms with E-state index in [1.165, 1.54) is 0 Å². The molecule has 2 nitrogen and oxygen atoms in total. The lowest BCUT2D eigenvalue weighted by Gasteiger charge is -2.11. The van der Waals surface area contributed by atoms with E-state index in [2.05, 4.69) is 15.9 Å². The van der Waals surface area contributed by atoms with Crippen molar-refractivity contribution in [2.45, 2.75) is 18.9 Å². The van der Waals surface area contributed by atoms with Gasteiger partial charge in [0.25, 0.3) is 0 Å². The molecule has 0 saturated heterocycles. The maximum atomic E-state index is 10.0. The number of hydrogen-bond donors (Lipinski definition) is 2. The molecule has 2 N–H and O–H groups in total. The lowest BCUT2D eigenvalue weighted by atomic mass is 10.0. The third kappa shape index (κ3) is 3.34. The van der Waals surface area contributed by atoms with Crippen LogP contribution < -0.4 is 0 Å². The summed E-state index contributed by atoms with van der Waals surface area (Å²) in [5.41, 5.74) is 1.76. The summed E-state index contributed by atoms with van der Waals surface area (Å²) in [7, 11) is 0. The van der Waals surface area contributed by atoms with Crippen molar-refractivity contribution in [2.24, 2.45) is 0 Å². The summed E-state index contributed by atoms with van der Waals surface area (Å²) >= 11 is 3.37. The summed E-state index contributed by atoms with van der Waals surface area (Å²) < 4.78 is 0.935. The quantitative estimate of drug-likeness (QED) is 0.901. The first-order valence-electron chi connectivity index (χ1n) is 5.87. The fraction of sp³-hybridized carbons (Fsp3) is 0.200. The molecule has 18 heavy (non-hydrogen) atoms. The molecule has 0 spiro atoms. The van der Waals surface area contributed by atoms with Crippen LogP contribution in [0.1, 0.15) is 23.7 Å². The molecule has 0 aromatic heterocycles. The van der Waals surface area contributed by atoms with Gasteiger partial charge < -0.3 is 10.2 Å². The molecule has 0 saturated carbocycles. The van der Waals surface area contributed by atoms with Crippen LogP contribution in [0.25, 0.3) is 0 Å². The summed E-state index contributed by atoms with van der Waals surface area (Å²) in [6, 6.07) is 14.9. The number of aromatic hydroxyl groups is 1. The Bertz CT molecular complexity index is 511. The minimum atomic E-state index is -0.496. The molecule has 1 atom stereocenters. The summed E-state index contributed by atoms with van der Waals surface area (Å²) in [6.07, 6.45) is 0.736. The van der Waals surface area contributed by atoms with Crippen molar-refractivity contribution in [3.05, 3.63) is 64.1 Å². The number of aliphatic hydroxyl groups is 1. The average molecular weight is 307 g/mol. The van der Waals surface area contributed by atoms with Gasteiger partial charge in [-0.15, -0.1) is 0 Å². The molecule has 94 valence electrons. The second-order valence-corrected chi connectivity index (χ2v) is 5.15. The van der Waals surface area contributed by atoms with Crippen LogP contribution in [-0.4, -0.2) is 10.2 Å². The van der Waals surface area contributed by atoms with E-state index in [4.69, 9.17) is 0 Å². The van der Waals surface area contributed by atoms with Gasteiger partial charge in [0.05, 0.1) is 6.10 Å². The van der Waals surface area contributed by atoms with Gasteiger partial charge in [0.2, 0.25) is 0 Å². The maximum absolute atomic E-state index is 10.0. The summed E-state index contributed by atoms with van der Waals surface area (Å²) in [5.74, 6) is 0.276. The topological polar surface area (TPSA) is 40.5 Å². The Kier molecular flexibility index (Phi) is 4.39. The Labute approximate surface area is 115 Å². The number of aliphatic hydroxyl groups excluding tert-OH is 1. The van der Waals surface area contributed by atoms with Gasteiger partial charge >= 0.3 is 0 Å². The van der Waals surface area contributed by atoms with Crippen molar-refractivity contribution in [1.29, 1.82) is 0 Å². The van der Waals surface area contributed by atoms with Crippen LogP contribution in [0.4, 0.5) is 0 Å². The maximum Gasteiger partial charge on any atom is 0.118 e. The largest absolute Gasteiger partial charge is 0.508 e. The second-order valence-electron chi connectivity index (χ2n) is 4.24. The van der Waals surface area contributed by atoms with Gasteiger partial charge in [0, 0.05) is 4.47 Å². The Morgan fingerprint density at radius 2 is 1.78 bits per heavy atom. The number of halogens is 1. The predicted molar refractivity (Wildman–Crippen MR) is 75.5 cm³/mol. The van der Waals surface area contributed by atoms with Crippen molar-refractivity contribution < 1.29 is 10.2 Å². The Morgan fingerprint density at radius 1 is 1.06 bits per heavy atom. The molecule has 0 aliphatic heterocycles. The first kappa shape index (κ1) is 13.1. The molecule has 2 rings (SSSR count). The fourth-order valence-corrected chi connectivity index (χ4v) is 2.30. The molecular formula is C15H15BrO2. The number of phenolic OH excluding ortho intramolecular Hbond substituents is 1. The average Bonchev–Trinajstić information content (AvgIpc) is 2.40. The molecule has 0 fully saturated rings. The molecule has 3 heteroatoms. The van der Waals surface area contributed by atoms with E-state index >= 15 is 0 Å². The van der Waals surface area contributed by atoms with E-state index < -0.39 is 6.10 Å². The second kappa shape index (κ2) is 6.03. The van der Waals surface area contributed by atoms with Gasteiger partial charge in [-0.3, -0.25) is 0 Å². The normalized spacial score (nSPS) is 12.3. The molecule has 0 heterocycles. The SMILES string of the molecule is Oc1ccc(Br)cc1CCC(O)c1ccccc1. The van der Waals surface area contributed by atoms with Crippen LogP contribution in [-0.2, 0) is 6.42 Å². The number of rotatable bonds is 4. The molecule has 2 aromatic rings. The van der Waals surface area contributed by atoms with E-state index in [1.807, 2.05) is 36.4 Å². The number of aryl methyl sites for hydroxylation is 1. The summed E-state index contributed by atoms with van der Waals surface area (Å²) in [5, 5.41) is 19.8. The summed E-state index contributed by atoms with van der Waals surface area (Å²) in [6.45, 7) is 0. The van der Waals surface area contributed by atoms with E-state index in [9.17, 15) is 10.2 Å². The third-order valence-corrected chi connectivity index (χ3v) is 3.41. The van der Waals surface area contributed by atoms with Crippen LogP contribution in [0.15, 0.2) is 53.0 Å². The van der Waals surface area contributed by atoms with E-state index in [-0.39, 0.29) is 5.75 Å². The van der Waals surface area contributed by atoms with Crippen LogP contribution in [0, 0.1) is 0 Å². The van der Waals surface area contributed by atoms with Gasteiger partial charge in [-0.25, -0.2) is 0 Å². The van der Waals surface area contributed by atoms with E-state index in [0.717, 1.165) is 15.6 Å². The first-order valence-corrected chi connectivity index (χ1v) is 6.66. The molecule has 0 amide bonds. The standard InChI is InChI=1S/C15H15BrO2/c16-13-7-9-15(18)12(10-13)6-8-14(17)11-4-2-1-3-5-11/h1-5,7,9-10,14,17-18H,6,8H2. The van der Waals surface area contributed by atoms with Crippen molar-refractivity contribution in [3.8, 4) is 5.75 Å². The highest BCUT2D eigenvalue weighted by Gasteiger charge is 2.09. The van der Waals surface area contributed by atoms with Gasteiger partial charge in [0.15, 0.2) is 0 Å². The van der Waals surface area contributed by atoms with Crippen LogP contribution in [0.2, 0.25) is 0 Å². The zero-order valence-corrected chi connectivity index (χ0v) is 11.5. The van der Waals surface area contributed by atoms with Crippen LogP contribution >= 0.6 is 15.9 Å². The monoisotopic (exact) mass is 306 g/mol. The highest BCUT2D eigenvalue weighted by Crippen LogP contribution is 2.26. The highest BCUT2D eigenvalue weighted by atomic mass is 79.9. The molecule has 0 aliphatic rings. The van der Waals surface area contributed by atoms with Gasteiger partial charge in [-0.2, -0.15) is 0 Å². The van der Waals surface area contributed by atoms with Crippen molar-refractivity contribution in [3.63, 3.8) is 0 Å². The highest BCUT2D eigenvalue weighted by molar-refractivity contribution is 9.10. The minimum Gasteiger partial charge on any atom is -0.508 e. The molecule has 0 bridgehead atoms.